The second-order valence-electron chi connectivity index (χ2n) is 4.54. The molecule has 0 aliphatic heterocycles. The number of hydrogen-bond acceptors (Lipinski definition) is 2. The van der Waals surface area contributed by atoms with E-state index in [9.17, 15) is 9.90 Å². The van der Waals surface area contributed by atoms with Crippen molar-refractivity contribution in [2.45, 2.75) is 25.3 Å². The SMILES string of the molecule is C=CCNC1(C(=O)O)CCc2ccc(C)cc21. The zero-order valence-corrected chi connectivity index (χ0v) is 9.99. The van der Waals surface area contributed by atoms with Gasteiger partial charge in [-0.05, 0) is 30.9 Å². The molecule has 0 heterocycles. The average Bonchev–Trinajstić information content (AvgIpc) is 2.66. The van der Waals surface area contributed by atoms with Crippen molar-refractivity contribution in [3.05, 3.63) is 47.5 Å². The lowest BCUT2D eigenvalue weighted by atomic mass is 9.91. The largest absolute Gasteiger partial charge is 0.480 e. The lowest BCUT2D eigenvalue weighted by Gasteiger charge is -2.26. The van der Waals surface area contributed by atoms with Crippen LogP contribution < -0.4 is 5.32 Å². The van der Waals surface area contributed by atoms with Crippen LogP contribution in [0.5, 0.6) is 0 Å². The summed E-state index contributed by atoms with van der Waals surface area (Å²) in [6, 6.07) is 6.04. The normalized spacial score (nSPS) is 22.2. The number of rotatable bonds is 4. The Bertz CT molecular complexity index is 467. The molecular formula is C14H17NO2. The van der Waals surface area contributed by atoms with Gasteiger partial charge in [-0.25, -0.2) is 4.79 Å². The Morgan fingerprint density at radius 2 is 2.41 bits per heavy atom. The van der Waals surface area contributed by atoms with Crippen LogP contribution in [0.15, 0.2) is 30.9 Å². The van der Waals surface area contributed by atoms with Crippen molar-refractivity contribution in [1.82, 2.24) is 5.32 Å². The van der Waals surface area contributed by atoms with E-state index in [1.54, 1.807) is 6.08 Å². The maximum Gasteiger partial charge on any atom is 0.328 e. The summed E-state index contributed by atoms with van der Waals surface area (Å²) in [7, 11) is 0. The molecule has 90 valence electrons. The zero-order valence-electron chi connectivity index (χ0n) is 9.99. The van der Waals surface area contributed by atoms with Crippen LogP contribution in [0.3, 0.4) is 0 Å². The first kappa shape index (κ1) is 11.9. The summed E-state index contributed by atoms with van der Waals surface area (Å²) >= 11 is 0. The molecule has 0 amide bonds. The molecule has 0 radical (unpaired) electrons. The van der Waals surface area contributed by atoms with Gasteiger partial charge in [0, 0.05) is 6.54 Å². The molecule has 3 nitrogen and oxygen atoms in total. The fourth-order valence-electron chi connectivity index (χ4n) is 2.49. The van der Waals surface area contributed by atoms with Gasteiger partial charge in [0.05, 0.1) is 0 Å². The minimum Gasteiger partial charge on any atom is -0.480 e. The van der Waals surface area contributed by atoms with Gasteiger partial charge in [-0.3, -0.25) is 5.32 Å². The van der Waals surface area contributed by atoms with Gasteiger partial charge in [0.2, 0.25) is 0 Å². The minimum absolute atomic E-state index is 0.500. The number of aryl methyl sites for hydroxylation is 2. The predicted octanol–water partition coefficient (Wildman–Crippen LogP) is 2.00. The first-order chi connectivity index (χ1) is 8.10. The van der Waals surface area contributed by atoms with E-state index in [0.29, 0.717) is 13.0 Å². The molecule has 0 saturated heterocycles. The van der Waals surface area contributed by atoms with Gasteiger partial charge in [0.1, 0.15) is 5.54 Å². The standard InChI is InChI=1S/C14H17NO2/c1-3-8-15-14(13(16)17)7-6-11-5-4-10(2)9-12(11)14/h3-5,9,15H,1,6-8H2,2H3,(H,16,17). The summed E-state index contributed by atoms with van der Waals surface area (Å²) in [6.07, 6.45) is 3.11. The average molecular weight is 231 g/mol. The molecule has 1 aliphatic rings. The Hall–Kier alpha value is -1.61. The highest BCUT2D eigenvalue weighted by Crippen LogP contribution is 2.37. The van der Waals surface area contributed by atoms with E-state index in [4.69, 9.17) is 0 Å². The molecule has 2 rings (SSSR count). The quantitative estimate of drug-likeness (QED) is 0.779. The minimum atomic E-state index is -0.935. The fraction of sp³-hybridized carbons (Fsp3) is 0.357. The van der Waals surface area contributed by atoms with Gasteiger partial charge in [0.15, 0.2) is 0 Å². The number of fused-ring (bicyclic) bond motifs is 1. The summed E-state index contributed by atoms with van der Waals surface area (Å²) in [4.78, 5) is 11.6. The molecule has 17 heavy (non-hydrogen) atoms. The number of aliphatic carboxylic acids is 1. The molecule has 0 spiro atoms. The molecule has 1 aromatic carbocycles. The Labute approximate surface area is 101 Å². The van der Waals surface area contributed by atoms with E-state index in [1.807, 2.05) is 25.1 Å². The summed E-state index contributed by atoms with van der Waals surface area (Å²) < 4.78 is 0. The maximum absolute atomic E-state index is 11.6. The summed E-state index contributed by atoms with van der Waals surface area (Å²) in [6.45, 7) is 6.11. The van der Waals surface area contributed by atoms with E-state index in [2.05, 4.69) is 11.9 Å². The van der Waals surface area contributed by atoms with Crippen LogP contribution in [0.25, 0.3) is 0 Å². The van der Waals surface area contributed by atoms with Crippen molar-refractivity contribution >= 4 is 5.97 Å². The molecule has 0 fully saturated rings. The van der Waals surface area contributed by atoms with E-state index in [1.165, 1.54) is 0 Å². The molecule has 1 aliphatic carbocycles. The van der Waals surface area contributed by atoms with Gasteiger partial charge < -0.3 is 5.11 Å². The van der Waals surface area contributed by atoms with Crippen molar-refractivity contribution in [2.24, 2.45) is 0 Å². The topological polar surface area (TPSA) is 49.3 Å². The second kappa shape index (κ2) is 4.34. The Morgan fingerprint density at radius 3 is 3.06 bits per heavy atom. The Morgan fingerprint density at radius 1 is 1.65 bits per heavy atom. The van der Waals surface area contributed by atoms with E-state index in [-0.39, 0.29) is 0 Å². The number of carbonyl (C=O) groups is 1. The molecule has 1 atom stereocenters. The lowest BCUT2D eigenvalue weighted by Crippen LogP contribution is -2.47. The van der Waals surface area contributed by atoms with Crippen molar-refractivity contribution in [3.63, 3.8) is 0 Å². The van der Waals surface area contributed by atoms with Crippen LogP contribution in [-0.2, 0) is 16.8 Å². The van der Waals surface area contributed by atoms with Gasteiger partial charge in [-0.2, -0.15) is 0 Å². The third kappa shape index (κ3) is 1.87. The van der Waals surface area contributed by atoms with Crippen LogP contribution in [-0.4, -0.2) is 17.6 Å². The van der Waals surface area contributed by atoms with Crippen LogP contribution in [0, 0.1) is 6.92 Å². The van der Waals surface area contributed by atoms with E-state index in [0.717, 1.165) is 23.1 Å². The van der Waals surface area contributed by atoms with Crippen LogP contribution in [0.2, 0.25) is 0 Å². The smallest absolute Gasteiger partial charge is 0.328 e. The number of carboxylic acids is 1. The van der Waals surface area contributed by atoms with Gasteiger partial charge in [0.25, 0.3) is 0 Å². The van der Waals surface area contributed by atoms with Gasteiger partial charge >= 0.3 is 5.97 Å². The third-order valence-corrected chi connectivity index (χ3v) is 3.41. The van der Waals surface area contributed by atoms with Crippen LogP contribution in [0.1, 0.15) is 23.1 Å². The van der Waals surface area contributed by atoms with Crippen molar-refractivity contribution in [1.29, 1.82) is 0 Å². The van der Waals surface area contributed by atoms with Crippen molar-refractivity contribution in [3.8, 4) is 0 Å². The molecule has 0 aromatic heterocycles. The molecule has 1 aromatic rings. The predicted molar refractivity (Wildman–Crippen MR) is 67.0 cm³/mol. The highest BCUT2D eigenvalue weighted by atomic mass is 16.4. The monoisotopic (exact) mass is 231 g/mol. The van der Waals surface area contributed by atoms with E-state index < -0.39 is 11.5 Å². The second-order valence-corrected chi connectivity index (χ2v) is 4.54. The molecule has 0 saturated carbocycles. The number of hydrogen-bond donors (Lipinski definition) is 2. The van der Waals surface area contributed by atoms with Crippen LogP contribution >= 0.6 is 0 Å². The fourth-order valence-corrected chi connectivity index (χ4v) is 2.49. The van der Waals surface area contributed by atoms with Crippen molar-refractivity contribution in [2.75, 3.05) is 6.54 Å². The van der Waals surface area contributed by atoms with Gasteiger partial charge in [-0.1, -0.05) is 29.8 Å². The summed E-state index contributed by atoms with van der Waals surface area (Å²) in [5.41, 5.74) is 2.20. The molecule has 0 bridgehead atoms. The first-order valence-corrected chi connectivity index (χ1v) is 5.79. The summed E-state index contributed by atoms with van der Waals surface area (Å²) in [5, 5.41) is 12.6. The van der Waals surface area contributed by atoms with Crippen molar-refractivity contribution < 1.29 is 9.90 Å². The highest BCUT2D eigenvalue weighted by molar-refractivity contribution is 5.82. The van der Waals surface area contributed by atoms with Crippen LogP contribution in [0.4, 0.5) is 0 Å². The molecule has 2 N–H and O–H groups in total. The number of benzene rings is 1. The molecule has 3 heteroatoms. The third-order valence-electron chi connectivity index (χ3n) is 3.41. The molecule has 1 unspecified atom stereocenters. The Balaban J connectivity index is 2.47. The maximum atomic E-state index is 11.6. The summed E-state index contributed by atoms with van der Waals surface area (Å²) in [5.74, 6) is -0.802. The number of nitrogens with one attached hydrogen (secondary N) is 1. The van der Waals surface area contributed by atoms with E-state index >= 15 is 0 Å². The molecular weight excluding hydrogens is 214 g/mol. The lowest BCUT2D eigenvalue weighted by molar-refractivity contribution is -0.145. The number of carboxylic acid groups (broad SMARTS) is 1. The van der Waals surface area contributed by atoms with Gasteiger partial charge in [-0.15, -0.1) is 6.58 Å². The highest BCUT2D eigenvalue weighted by Gasteiger charge is 2.44. The first-order valence-electron chi connectivity index (χ1n) is 5.79. The Kier molecular flexibility index (Phi) is 3.03. The zero-order chi connectivity index (χ0) is 12.5.